The average Bonchev–Trinajstić information content (AvgIpc) is 3.02. The van der Waals surface area contributed by atoms with E-state index >= 15 is 0 Å². The highest BCUT2D eigenvalue weighted by atomic mass is 16.2. The summed E-state index contributed by atoms with van der Waals surface area (Å²) >= 11 is 0. The van der Waals surface area contributed by atoms with Gasteiger partial charge in [-0.25, -0.2) is 9.97 Å². The molecule has 0 radical (unpaired) electrons. The Morgan fingerprint density at radius 3 is 3.16 bits per heavy atom. The van der Waals surface area contributed by atoms with Crippen molar-refractivity contribution in [1.82, 2.24) is 25.1 Å². The van der Waals surface area contributed by atoms with Crippen LogP contribution in [0, 0.1) is 0 Å². The summed E-state index contributed by atoms with van der Waals surface area (Å²) in [5.41, 5.74) is 1.63. The van der Waals surface area contributed by atoms with Crippen molar-refractivity contribution in [2.45, 2.75) is 18.8 Å². The highest BCUT2D eigenvalue weighted by Gasteiger charge is 2.26. The molecule has 1 aliphatic heterocycles. The van der Waals surface area contributed by atoms with Gasteiger partial charge in [0.2, 0.25) is 0 Å². The van der Waals surface area contributed by atoms with Gasteiger partial charge in [0.25, 0.3) is 5.91 Å². The fraction of sp³-hybridized carbons (Fsp3) is 0.385. The maximum absolute atomic E-state index is 12.3. The number of aromatic amines is 1. The monoisotopic (exact) mass is 257 g/mol. The number of hydrogen-bond acceptors (Lipinski definition) is 4. The lowest BCUT2D eigenvalue weighted by Gasteiger charge is -2.32. The molecule has 1 saturated heterocycles. The first kappa shape index (κ1) is 11.8. The van der Waals surface area contributed by atoms with Gasteiger partial charge in [-0.2, -0.15) is 5.10 Å². The number of aromatic nitrogens is 4. The Morgan fingerprint density at radius 2 is 2.42 bits per heavy atom. The number of nitrogens with zero attached hydrogens (tertiary/aromatic N) is 4. The maximum atomic E-state index is 12.3. The van der Waals surface area contributed by atoms with Gasteiger partial charge in [0.1, 0.15) is 6.33 Å². The van der Waals surface area contributed by atoms with E-state index in [9.17, 15) is 4.79 Å². The standard InChI is InChI=1S/C13H15N5O/c19-13(11-6-16-17-7-11)18-5-1-2-10(8-18)12-3-4-14-9-15-12/h3-4,6-7,9-10H,1-2,5,8H2,(H,16,17). The fourth-order valence-electron chi connectivity index (χ4n) is 2.50. The molecule has 0 aromatic carbocycles. The number of amides is 1. The van der Waals surface area contributed by atoms with Gasteiger partial charge in [0, 0.05) is 37.1 Å². The summed E-state index contributed by atoms with van der Waals surface area (Å²) in [4.78, 5) is 22.4. The Kier molecular flexibility index (Phi) is 3.22. The molecule has 3 heterocycles. The van der Waals surface area contributed by atoms with Crippen LogP contribution in [-0.2, 0) is 0 Å². The van der Waals surface area contributed by atoms with Crippen LogP contribution in [0.2, 0.25) is 0 Å². The quantitative estimate of drug-likeness (QED) is 0.877. The van der Waals surface area contributed by atoms with Gasteiger partial charge in [0.15, 0.2) is 0 Å². The summed E-state index contributed by atoms with van der Waals surface area (Å²) in [6.45, 7) is 1.51. The third-order valence-electron chi connectivity index (χ3n) is 3.48. The maximum Gasteiger partial charge on any atom is 0.257 e. The van der Waals surface area contributed by atoms with Crippen molar-refractivity contribution < 1.29 is 4.79 Å². The average molecular weight is 257 g/mol. The molecule has 0 spiro atoms. The number of carbonyl (C=O) groups is 1. The molecule has 1 aliphatic rings. The number of likely N-dealkylation sites (tertiary alicyclic amines) is 1. The summed E-state index contributed by atoms with van der Waals surface area (Å²) in [5.74, 6) is 0.333. The fourth-order valence-corrected chi connectivity index (χ4v) is 2.50. The molecule has 0 bridgehead atoms. The number of rotatable bonds is 2. The van der Waals surface area contributed by atoms with E-state index in [1.54, 1.807) is 24.9 Å². The van der Waals surface area contributed by atoms with Gasteiger partial charge >= 0.3 is 0 Å². The molecule has 1 fully saturated rings. The molecule has 98 valence electrons. The zero-order valence-corrected chi connectivity index (χ0v) is 10.5. The van der Waals surface area contributed by atoms with Crippen molar-refractivity contribution in [3.8, 4) is 0 Å². The topological polar surface area (TPSA) is 74.8 Å². The van der Waals surface area contributed by atoms with Crippen LogP contribution < -0.4 is 0 Å². The molecular formula is C13H15N5O. The Labute approximate surface area is 110 Å². The molecule has 1 atom stereocenters. The van der Waals surface area contributed by atoms with Gasteiger partial charge in [0.05, 0.1) is 11.8 Å². The van der Waals surface area contributed by atoms with E-state index in [4.69, 9.17) is 0 Å². The minimum absolute atomic E-state index is 0.0347. The summed E-state index contributed by atoms with van der Waals surface area (Å²) in [6, 6.07) is 1.93. The molecule has 19 heavy (non-hydrogen) atoms. The summed E-state index contributed by atoms with van der Waals surface area (Å²) in [5, 5.41) is 6.50. The molecule has 0 aliphatic carbocycles. The molecule has 0 saturated carbocycles. The normalized spacial score (nSPS) is 19.4. The number of nitrogens with one attached hydrogen (secondary N) is 1. The summed E-state index contributed by atoms with van der Waals surface area (Å²) < 4.78 is 0. The first-order valence-electron chi connectivity index (χ1n) is 6.38. The van der Waals surface area contributed by atoms with E-state index in [0.29, 0.717) is 18.0 Å². The van der Waals surface area contributed by atoms with Crippen molar-refractivity contribution in [3.63, 3.8) is 0 Å². The minimum atomic E-state index is 0.0347. The van der Waals surface area contributed by atoms with Crippen LogP contribution in [0.1, 0.15) is 34.8 Å². The van der Waals surface area contributed by atoms with Crippen LogP contribution in [0.4, 0.5) is 0 Å². The molecule has 2 aromatic heterocycles. The zero-order valence-electron chi connectivity index (χ0n) is 10.5. The van der Waals surface area contributed by atoms with E-state index in [0.717, 1.165) is 25.1 Å². The van der Waals surface area contributed by atoms with Gasteiger partial charge in [-0.05, 0) is 18.9 Å². The van der Waals surface area contributed by atoms with Crippen molar-refractivity contribution in [3.05, 3.63) is 42.2 Å². The SMILES string of the molecule is O=C(c1cn[nH]c1)N1CCCC(c2ccncn2)C1. The second kappa shape index (κ2) is 5.17. The molecule has 6 nitrogen and oxygen atoms in total. The molecule has 1 amide bonds. The number of piperidine rings is 1. The molecule has 1 unspecified atom stereocenters. The molecule has 6 heteroatoms. The van der Waals surface area contributed by atoms with Gasteiger partial charge < -0.3 is 4.90 Å². The van der Waals surface area contributed by atoms with Gasteiger partial charge in [-0.15, -0.1) is 0 Å². The van der Waals surface area contributed by atoms with E-state index in [-0.39, 0.29) is 5.91 Å². The van der Waals surface area contributed by atoms with Crippen LogP contribution in [0.25, 0.3) is 0 Å². The predicted molar refractivity (Wildman–Crippen MR) is 68.5 cm³/mol. The van der Waals surface area contributed by atoms with E-state index in [2.05, 4.69) is 20.2 Å². The first-order valence-corrected chi connectivity index (χ1v) is 6.38. The highest BCUT2D eigenvalue weighted by molar-refractivity contribution is 5.93. The van der Waals surface area contributed by atoms with Gasteiger partial charge in [-0.3, -0.25) is 9.89 Å². The third-order valence-corrected chi connectivity index (χ3v) is 3.48. The molecule has 3 rings (SSSR count). The minimum Gasteiger partial charge on any atom is -0.338 e. The predicted octanol–water partition coefficient (Wildman–Crippen LogP) is 1.22. The van der Waals surface area contributed by atoms with Crippen LogP contribution in [0.15, 0.2) is 31.0 Å². The number of H-pyrrole nitrogens is 1. The second-order valence-corrected chi connectivity index (χ2v) is 4.71. The van der Waals surface area contributed by atoms with E-state index in [1.165, 1.54) is 0 Å². The lowest BCUT2D eigenvalue weighted by atomic mass is 9.94. The molecule has 2 aromatic rings. The first-order chi connectivity index (χ1) is 9.34. The molecular weight excluding hydrogens is 242 g/mol. The Balaban J connectivity index is 1.73. The zero-order chi connectivity index (χ0) is 13.1. The van der Waals surface area contributed by atoms with Crippen LogP contribution in [0.5, 0.6) is 0 Å². The van der Waals surface area contributed by atoms with E-state index < -0.39 is 0 Å². The Bertz CT molecular complexity index is 539. The van der Waals surface area contributed by atoms with Crippen LogP contribution in [-0.4, -0.2) is 44.1 Å². The number of carbonyl (C=O) groups excluding carboxylic acids is 1. The smallest absolute Gasteiger partial charge is 0.257 e. The van der Waals surface area contributed by atoms with Gasteiger partial charge in [-0.1, -0.05) is 0 Å². The Morgan fingerprint density at radius 1 is 1.47 bits per heavy atom. The third kappa shape index (κ3) is 2.47. The van der Waals surface area contributed by atoms with E-state index in [1.807, 2.05) is 11.0 Å². The molecule has 1 N–H and O–H groups in total. The van der Waals surface area contributed by atoms with Crippen LogP contribution in [0.3, 0.4) is 0 Å². The summed E-state index contributed by atoms with van der Waals surface area (Å²) in [7, 11) is 0. The lowest BCUT2D eigenvalue weighted by Crippen LogP contribution is -2.39. The Hall–Kier alpha value is -2.24. The largest absolute Gasteiger partial charge is 0.338 e. The lowest BCUT2D eigenvalue weighted by molar-refractivity contribution is 0.0706. The van der Waals surface area contributed by atoms with Crippen molar-refractivity contribution in [1.29, 1.82) is 0 Å². The van der Waals surface area contributed by atoms with Crippen LogP contribution >= 0.6 is 0 Å². The van der Waals surface area contributed by atoms with Crippen molar-refractivity contribution in [2.24, 2.45) is 0 Å². The summed E-state index contributed by atoms with van der Waals surface area (Å²) in [6.07, 6.45) is 8.57. The van der Waals surface area contributed by atoms with Crippen molar-refractivity contribution >= 4 is 5.91 Å². The van der Waals surface area contributed by atoms with Crippen molar-refractivity contribution in [2.75, 3.05) is 13.1 Å². The second-order valence-electron chi connectivity index (χ2n) is 4.71. The highest BCUT2D eigenvalue weighted by Crippen LogP contribution is 2.25. The number of hydrogen-bond donors (Lipinski definition) is 1.